The van der Waals surface area contributed by atoms with Crippen LogP contribution in [0.4, 0.5) is 5.69 Å². The molecule has 5 rings (SSSR count). The minimum atomic E-state index is 0.359. The predicted molar refractivity (Wildman–Crippen MR) is 134 cm³/mol. The molecule has 2 aromatic heterocycles. The van der Waals surface area contributed by atoms with E-state index < -0.39 is 0 Å². The van der Waals surface area contributed by atoms with Crippen LogP contribution in [0.5, 0.6) is 11.5 Å². The third-order valence-corrected chi connectivity index (χ3v) is 6.74. The number of nitrogens with zero attached hydrogens (tertiary/aromatic N) is 2. The van der Waals surface area contributed by atoms with Gasteiger partial charge in [0.1, 0.15) is 11.5 Å². The van der Waals surface area contributed by atoms with Crippen molar-refractivity contribution < 1.29 is 18.6 Å². The first-order valence-corrected chi connectivity index (χ1v) is 12.5. The maximum atomic E-state index is 6.18. The molecule has 7 nitrogen and oxygen atoms in total. The molecule has 3 aromatic rings. The number of ether oxygens (including phenoxy) is 3. The van der Waals surface area contributed by atoms with Gasteiger partial charge < -0.3 is 28.8 Å². The van der Waals surface area contributed by atoms with Gasteiger partial charge in [-0.2, -0.15) is 0 Å². The summed E-state index contributed by atoms with van der Waals surface area (Å²) in [5.74, 6) is 3.09. The topological polar surface area (TPSA) is 69.0 Å². The lowest BCUT2D eigenvalue weighted by Crippen LogP contribution is -2.28. The van der Waals surface area contributed by atoms with Gasteiger partial charge in [-0.1, -0.05) is 0 Å². The number of benzene rings is 1. The third kappa shape index (κ3) is 5.31. The number of nitrogens with one attached hydrogen (secondary N) is 1. The molecule has 0 amide bonds. The molecule has 0 spiro atoms. The minimum Gasteiger partial charge on any atom is -0.493 e. The van der Waals surface area contributed by atoms with Crippen molar-refractivity contribution >= 4 is 16.6 Å². The molecule has 2 aliphatic heterocycles. The summed E-state index contributed by atoms with van der Waals surface area (Å²) in [7, 11) is 1.69. The fourth-order valence-corrected chi connectivity index (χ4v) is 4.86. The van der Waals surface area contributed by atoms with Crippen molar-refractivity contribution in [3.8, 4) is 23.0 Å². The Hall–Kier alpha value is -2.77. The van der Waals surface area contributed by atoms with Crippen LogP contribution in [0.25, 0.3) is 22.4 Å². The first-order chi connectivity index (χ1) is 16.7. The summed E-state index contributed by atoms with van der Waals surface area (Å²) in [4.78, 5) is 7.45. The van der Waals surface area contributed by atoms with Crippen LogP contribution in [-0.4, -0.2) is 62.5 Å². The van der Waals surface area contributed by atoms with Crippen LogP contribution in [0, 0.1) is 6.92 Å². The second kappa shape index (κ2) is 10.7. The molecule has 182 valence electrons. The average molecular weight is 466 g/mol. The number of aryl methyl sites for hydroxylation is 1. The zero-order valence-corrected chi connectivity index (χ0v) is 20.3. The van der Waals surface area contributed by atoms with Crippen LogP contribution in [0.15, 0.2) is 34.7 Å². The Morgan fingerprint density at radius 2 is 1.91 bits per heavy atom. The monoisotopic (exact) mass is 465 g/mol. The molecule has 4 heterocycles. The number of rotatable bonds is 9. The summed E-state index contributed by atoms with van der Waals surface area (Å²) in [5, 5.41) is 4.75. The first kappa shape index (κ1) is 23.0. The summed E-state index contributed by atoms with van der Waals surface area (Å²) >= 11 is 0. The van der Waals surface area contributed by atoms with Gasteiger partial charge in [0.2, 0.25) is 0 Å². The van der Waals surface area contributed by atoms with Crippen molar-refractivity contribution in [3.05, 3.63) is 36.1 Å². The molecule has 0 unspecified atom stereocenters. The number of hydrogen-bond acceptors (Lipinski definition) is 7. The molecule has 1 aromatic carbocycles. The van der Waals surface area contributed by atoms with Crippen molar-refractivity contribution in [1.29, 1.82) is 0 Å². The molecule has 0 saturated carbocycles. The number of likely N-dealkylation sites (tertiary alicyclic amines) is 1. The van der Waals surface area contributed by atoms with Gasteiger partial charge >= 0.3 is 0 Å². The Balaban J connectivity index is 1.43. The molecule has 7 heteroatoms. The van der Waals surface area contributed by atoms with Crippen LogP contribution in [0.3, 0.4) is 0 Å². The summed E-state index contributed by atoms with van der Waals surface area (Å²) in [6, 6.07) is 10.4. The van der Waals surface area contributed by atoms with Crippen molar-refractivity contribution in [2.24, 2.45) is 0 Å². The Labute approximate surface area is 201 Å². The molecular weight excluding hydrogens is 430 g/mol. The Bertz CT molecular complexity index is 1100. The van der Waals surface area contributed by atoms with Crippen LogP contribution >= 0.6 is 0 Å². The number of furan rings is 1. The highest BCUT2D eigenvalue weighted by Gasteiger charge is 2.19. The average Bonchev–Trinajstić information content (AvgIpc) is 3.54. The molecule has 2 saturated heterocycles. The molecule has 2 aliphatic rings. The van der Waals surface area contributed by atoms with Gasteiger partial charge in [0, 0.05) is 42.9 Å². The second-order valence-electron chi connectivity index (χ2n) is 9.27. The Morgan fingerprint density at radius 3 is 2.65 bits per heavy atom. The maximum absolute atomic E-state index is 6.18. The lowest BCUT2D eigenvalue weighted by atomic mass is 10.1. The minimum absolute atomic E-state index is 0.359. The summed E-state index contributed by atoms with van der Waals surface area (Å²) in [6.07, 6.45) is 5.58. The quantitative estimate of drug-likeness (QED) is 0.432. The summed E-state index contributed by atoms with van der Waals surface area (Å²) in [6.45, 7) is 7.66. The van der Waals surface area contributed by atoms with Gasteiger partial charge in [0.15, 0.2) is 17.3 Å². The van der Waals surface area contributed by atoms with E-state index in [-0.39, 0.29) is 0 Å². The van der Waals surface area contributed by atoms with E-state index in [2.05, 4.69) is 16.3 Å². The summed E-state index contributed by atoms with van der Waals surface area (Å²) in [5.41, 5.74) is 2.69. The maximum Gasteiger partial charge on any atom is 0.163 e. The molecule has 2 fully saturated rings. The third-order valence-electron chi connectivity index (χ3n) is 6.74. The van der Waals surface area contributed by atoms with E-state index >= 15 is 0 Å². The standard InChI is InChI=1S/C27H35N3O4/c1-19-6-7-25(34-19)24-17-22(28-20-8-14-32-15-9-20)21-16-26(31-2)27(18-23(21)29-24)33-13-5-12-30-10-3-4-11-30/h6-7,16-18,20H,3-5,8-15H2,1-2H3,(H,28,29). The number of anilines is 1. The van der Waals surface area contributed by atoms with E-state index in [1.807, 2.05) is 31.2 Å². The van der Waals surface area contributed by atoms with E-state index in [0.29, 0.717) is 12.6 Å². The summed E-state index contributed by atoms with van der Waals surface area (Å²) < 4.78 is 23.3. The number of aromatic nitrogens is 1. The number of methoxy groups -OCH3 is 1. The van der Waals surface area contributed by atoms with Crippen LogP contribution in [0.1, 0.15) is 37.9 Å². The molecule has 0 radical (unpaired) electrons. The number of pyridine rings is 1. The highest BCUT2D eigenvalue weighted by molar-refractivity contribution is 5.95. The number of hydrogen-bond donors (Lipinski definition) is 1. The van der Waals surface area contributed by atoms with E-state index in [1.54, 1.807) is 7.11 Å². The molecule has 0 bridgehead atoms. The zero-order chi connectivity index (χ0) is 23.3. The second-order valence-corrected chi connectivity index (χ2v) is 9.27. The molecular formula is C27H35N3O4. The van der Waals surface area contributed by atoms with Crippen molar-refractivity contribution in [2.75, 3.05) is 51.9 Å². The van der Waals surface area contributed by atoms with Crippen LogP contribution in [0.2, 0.25) is 0 Å². The van der Waals surface area contributed by atoms with Crippen molar-refractivity contribution in [3.63, 3.8) is 0 Å². The van der Waals surface area contributed by atoms with E-state index in [4.69, 9.17) is 23.6 Å². The molecule has 1 N–H and O–H groups in total. The predicted octanol–water partition coefficient (Wildman–Crippen LogP) is 5.27. The van der Waals surface area contributed by atoms with Crippen molar-refractivity contribution in [2.45, 2.75) is 45.1 Å². The smallest absolute Gasteiger partial charge is 0.163 e. The van der Waals surface area contributed by atoms with Gasteiger partial charge in [-0.05, 0) is 76.4 Å². The fourth-order valence-electron chi connectivity index (χ4n) is 4.86. The molecule has 34 heavy (non-hydrogen) atoms. The van der Waals surface area contributed by atoms with Gasteiger partial charge in [-0.15, -0.1) is 0 Å². The first-order valence-electron chi connectivity index (χ1n) is 12.5. The highest BCUT2D eigenvalue weighted by atomic mass is 16.5. The Morgan fingerprint density at radius 1 is 1.09 bits per heavy atom. The van der Waals surface area contributed by atoms with E-state index in [9.17, 15) is 0 Å². The molecule has 0 atom stereocenters. The van der Waals surface area contributed by atoms with E-state index in [0.717, 1.165) is 84.3 Å². The SMILES string of the molecule is COc1cc2c(NC3CCOCC3)cc(-c3ccc(C)o3)nc2cc1OCCCN1CCCC1. The van der Waals surface area contributed by atoms with Crippen molar-refractivity contribution in [1.82, 2.24) is 9.88 Å². The van der Waals surface area contributed by atoms with Gasteiger partial charge in [0.25, 0.3) is 0 Å². The largest absolute Gasteiger partial charge is 0.493 e. The van der Waals surface area contributed by atoms with Gasteiger partial charge in [-0.25, -0.2) is 4.98 Å². The molecule has 0 aliphatic carbocycles. The normalized spacial score (nSPS) is 17.4. The van der Waals surface area contributed by atoms with Crippen LogP contribution in [-0.2, 0) is 4.74 Å². The van der Waals surface area contributed by atoms with Crippen LogP contribution < -0.4 is 14.8 Å². The van der Waals surface area contributed by atoms with Gasteiger partial charge in [0.05, 0.1) is 19.2 Å². The lowest BCUT2D eigenvalue weighted by Gasteiger charge is -2.25. The fraction of sp³-hybridized carbons (Fsp3) is 0.519. The Kier molecular flexibility index (Phi) is 7.21. The number of fused-ring (bicyclic) bond motifs is 1. The van der Waals surface area contributed by atoms with E-state index in [1.165, 1.54) is 25.9 Å². The van der Waals surface area contributed by atoms with Gasteiger partial charge in [-0.3, -0.25) is 0 Å². The highest BCUT2D eigenvalue weighted by Crippen LogP contribution is 2.38. The lowest BCUT2D eigenvalue weighted by molar-refractivity contribution is 0.0905. The zero-order valence-electron chi connectivity index (χ0n) is 20.3.